The summed E-state index contributed by atoms with van der Waals surface area (Å²) in [5, 5.41) is 8.82. The third-order valence-corrected chi connectivity index (χ3v) is 2.20. The minimum atomic E-state index is -0.130. The van der Waals surface area contributed by atoms with Gasteiger partial charge in [0.2, 0.25) is 0 Å². The Morgan fingerprint density at radius 3 is 3.00 bits per heavy atom. The summed E-state index contributed by atoms with van der Waals surface area (Å²) >= 11 is 0. The molecule has 3 N–H and O–H groups in total. The summed E-state index contributed by atoms with van der Waals surface area (Å²) in [6.45, 7) is 0.521. The molecule has 3 heteroatoms. The topological polar surface area (TPSA) is 55.5 Å². The molecule has 1 aromatic rings. The van der Waals surface area contributed by atoms with E-state index in [9.17, 15) is 0 Å². The van der Waals surface area contributed by atoms with Crippen molar-refractivity contribution in [3.05, 3.63) is 35.4 Å². The quantitative estimate of drug-likeness (QED) is 0.745. The molecular formula is C13H17NO2. The third-order valence-electron chi connectivity index (χ3n) is 2.20. The van der Waals surface area contributed by atoms with Gasteiger partial charge in [-0.15, -0.1) is 0 Å². The van der Waals surface area contributed by atoms with E-state index in [0.29, 0.717) is 13.0 Å². The molecule has 16 heavy (non-hydrogen) atoms. The van der Waals surface area contributed by atoms with Crippen LogP contribution in [0.3, 0.4) is 0 Å². The van der Waals surface area contributed by atoms with Crippen LogP contribution in [0.15, 0.2) is 24.3 Å². The first kappa shape index (κ1) is 12.7. The fourth-order valence-electron chi connectivity index (χ4n) is 1.36. The third kappa shape index (κ3) is 4.03. The standard InChI is InChI=1S/C13H17NO2/c1-16-9-3-5-11-4-2-6-12(10-11)13(14)7-8-15/h2,4,6,10,13,15H,7-9,14H2,1H3. The van der Waals surface area contributed by atoms with E-state index in [0.717, 1.165) is 11.1 Å². The lowest BCUT2D eigenvalue weighted by molar-refractivity contribution is 0.240. The number of hydrogen-bond acceptors (Lipinski definition) is 3. The lowest BCUT2D eigenvalue weighted by Crippen LogP contribution is -2.11. The van der Waals surface area contributed by atoms with Gasteiger partial charge < -0.3 is 15.6 Å². The van der Waals surface area contributed by atoms with E-state index in [1.165, 1.54) is 0 Å². The van der Waals surface area contributed by atoms with Gasteiger partial charge in [-0.25, -0.2) is 0 Å². The van der Waals surface area contributed by atoms with Gasteiger partial charge in [-0.2, -0.15) is 0 Å². The number of nitrogens with two attached hydrogens (primary N) is 1. The zero-order chi connectivity index (χ0) is 11.8. The fraction of sp³-hybridized carbons (Fsp3) is 0.385. The van der Waals surface area contributed by atoms with Gasteiger partial charge in [-0.1, -0.05) is 24.0 Å². The van der Waals surface area contributed by atoms with Crippen LogP contribution in [0.2, 0.25) is 0 Å². The van der Waals surface area contributed by atoms with Crippen molar-refractivity contribution in [2.45, 2.75) is 12.5 Å². The average molecular weight is 219 g/mol. The molecule has 0 amide bonds. The summed E-state index contributed by atoms with van der Waals surface area (Å²) in [5.74, 6) is 5.88. The maximum Gasteiger partial charge on any atom is 0.107 e. The van der Waals surface area contributed by atoms with E-state index in [4.69, 9.17) is 15.6 Å². The molecule has 1 rings (SSSR count). The highest BCUT2D eigenvalue weighted by atomic mass is 16.5. The molecule has 0 aliphatic carbocycles. The van der Waals surface area contributed by atoms with Crippen molar-refractivity contribution in [1.29, 1.82) is 0 Å². The lowest BCUT2D eigenvalue weighted by Gasteiger charge is -2.10. The van der Waals surface area contributed by atoms with Crippen LogP contribution in [0.1, 0.15) is 23.6 Å². The SMILES string of the molecule is COCC#Cc1cccc(C(N)CCO)c1. The summed E-state index contributed by atoms with van der Waals surface area (Å²) in [6, 6.07) is 7.61. The largest absolute Gasteiger partial charge is 0.396 e. The second-order valence-corrected chi connectivity index (χ2v) is 3.48. The molecular weight excluding hydrogens is 202 g/mol. The number of rotatable bonds is 4. The van der Waals surface area contributed by atoms with Crippen LogP contribution in [0.4, 0.5) is 0 Å². The van der Waals surface area contributed by atoms with Crippen LogP contribution < -0.4 is 5.73 Å². The summed E-state index contributed by atoms with van der Waals surface area (Å²) in [5.41, 5.74) is 7.81. The van der Waals surface area contributed by atoms with Crippen molar-refractivity contribution in [2.75, 3.05) is 20.3 Å². The highest BCUT2D eigenvalue weighted by molar-refractivity contribution is 5.38. The van der Waals surface area contributed by atoms with Crippen molar-refractivity contribution in [2.24, 2.45) is 5.73 Å². The van der Waals surface area contributed by atoms with E-state index in [1.54, 1.807) is 7.11 Å². The Labute approximate surface area is 96.2 Å². The first-order chi connectivity index (χ1) is 7.77. The van der Waals surface area contributed by atoms with Gasteiger partial charge in [0.1, 0.15) is 6.61 Å². The number of ether oxygens (including phenoxy) is 1. The zero-order valence-electron chi connectivity index (χ0n) is 9.44. The summed E-state index contributed by atoms with van der Waals surface area (Å²) in [6.07, 6.45) is 0.564. The van der Waals surface area contributed by atoms with Crippen molar-refractivity contribution >= 4 is 0 Å². The Kier molecular flexibility index (Phi) is 5.58. The van der Waals surface area contributed by atoms with Gasteiger partial charge in [0.05, 0.1) is 0 Å². The zero-order valence-corrected chi connectivity index (χ0v) is 9.44. The van der Waals surface area contributed by atoms with Gasteiger partial charge in [0, 0.05) is 25.3 Å². The summed E-state index contributed by atoms with van der Waals surface area (Å²) < 4.78 is 4.85. The minimum absolute atomic E-state index is 0.0980. The molecule has 0 aromatic heterocycles. The second-order valence-electron chi connectivity index (χ2n) is 3.48. The van der Waals surface area contributed by atoms with E-state index in [1.807, 2.05) is 24.3 Å². The molecule has 0 radical (unpaired) electrons. The van der Waals surface area contributed by atoms with Crippen LogP contribution in [0.5, 0.6) is 0 Å². The van der Waals surface area contributed by atoms with Crippen molar-refractivity contribution < 1.29 is 9.84 Å². The monoisotopic (exact) mass is 219 g/mol. The summed E-state index contributed by atoms with van der Waals surface area (Å²) in [4.78, 5) is 0. The Balaban J connectivity index is 2.75. The maximum atomic E-state index is 8.82. The second kappa shape index (κ2) is 7.02. The van der Waals surface area contributed by atoms with Gasteiger partial charge in [-0.05, 0) is 24.1 Å². The number of benzene rings is 1. The van der Waals surface area contributed by atoms with Crippen molar-refractivity contribution in [1.82, 2.24) is 0 Å². The summed E-state index contributed by atoms with van der Waals surface area (Å²) in [7, 11) is 1.61. The predicted octanol–water partition coefficient (Wildman–Crippen LogP) is 1.07. The number of aliphatic hydroxyl groups is 1. The highest BCUT2D eigenvalue weighted by Crippen LogP contribution is 2.14. The van der Waals surface area contributed by atoms with Crippen LogP contribution >= 0.6 is 0 Å². The molecule has 0 fully saturated rings. The van der Waals surface area contributed by atoms with E-state index < -0.39 is 0 Å². The normalized spacial score (nSPS) is 11.7. The van der Waals surface area contributed by atoms with Gasteiger partial charge in [0.25, 0.3) is 0 Å². The Morgan fingerprint density at radius 1 is 1.50 bits per heavy atom. The Bertz CT molecular complexity index is 379. The van der Waals surface area contributed by atoms with Gasteiger partial charge in [-0.3, -0.25) is 0 Å². The molecule has 0 aliphatic rings. The van der Waals surface area contributed by atoms with Crippen LogP contribution in [-0.2, 0) is 4.74 Å². The molecule has 86 valence electrons. The first-order valence-corrected chi connectivity index (χ1v) is 5.22. The Morgan fingerprint density at radius 2 is 2.31 bits per heavy atom. The minimum Gasteiger partial charge on any atom is -0.396 e. The average Bonchev–Trinajstić information content (AvgIpc) is 2.30. The molecule has 0 saturated heterocycles. The first-order valence-electron chi connectivity index (χ1n) is 5.22. The van der Waals surface area contributed by atoms with Crippen molar-refractivity contribution in [3.8, 4) is 11.8 Å². The molecule has 1 atom stereocenters. The van der Waals surface area contributed by atoms with E-state index in [-0.39, 0.29) is 12.6 Å². The molecule has 1 aromatic carbocycles. The number of aliphatic hydroxyl groups excluding tert-OH is 1. The number of methoxy groups -OCH3 is 1. The molecule has 0 heterocycles. The smallest absolute Gasteiger partial charge is 0.107 e. The van der Waals surface area contributed by atoms with Gasteiger partial charge in [0.15, 0.2) is 0 Å². The van der Waals surface area contributed by atoms with Crippen LogP contribution in [-0.4, -0.2) is 25.4 Å². The molecule has 1 unspecified atom stereocenters. The molecule has 0 aliphatic heterocycles. The molecule has 0 bridgehead atoms. The Hall–Kier alpha value is -1.34. The molecule has 0 spiro atoms. The number of hydrogen-bond donors (Lipinski definition) is 2. The van der Waals surface area contributed by atoms with Crippen LogP contribution in [0, 0.1) is 11.8 Å². The van der Waals surface area contributed by atoms with Crippen LogP contribution in [0.25, 0.3) is 0 Å². The molecule has 3 nitrogen and oxygen atoms in total. The maximum absolute atomic E-state index is 8.82. The predicted molar refractivity (Wildman–Crippen MR) is 63.8 cm³/mol. The van der Waals surface area contributed by atoms with E-state index in [2.05, 4.69) is 11.8 Å². The highest BCUT2D eigenvalue weighted by Gasteiger charge is 2.04. The fourth-order valence-corrected chi connectivity index (χ4v) is 1.36. The lowest BCUT2D eigenvalue weighted by atomic mass is 10.0. The molecule has 0 saturated carbocycles. The van der Waals surface area contributed by atoms with E-state index >= 15 is 0 Å². The van der Waals surface area contributed by atoms with Gasteiger partial charge >= 0.3 is 0 Å². The van der Waals surface area contributed by atoms with Crippen molar-refractivity contribution in [3.63, 3.8) is 0 Å².